The van der Waals surface area contributed by atoms with Crippen molar-refractivity contribution in [2.45, 2.75) is 24.8 Å². The fraction of sp³-hybridized carbons (Fsp3) is 0.400. The summed E-state index contributed by atoms with van der Waals surface area (Å²) in [6, 6.07) is 14.8. The van der Waals surface area contributed by atoms with Crippen LogP contribution >= 0.6 is 0 Å². The number of benzene rings is 2. The predicted octanol–water partition coefficient (Wildman–Crippen LogP) is 2.50. The lowest BCUT2D eigenvalue weighted by atomic mass is 10.0. The van der Waals surface area contributed by atoms with E-state index in [0.29, 0.717) is 24.7 Å². The Labute approximate surface area is 166 Å². The van der Waals surface area contributed by atoms with E-state index in [1.807, 2.05) is 42.5 Å². The Morgan fingerprint density at radius 1 is 1.18 bits per heavy atom. The van der Waals surface area contributed by atoms with Crippen molar-refractivity contribution in [2.24, 2.45) is 0 Å². The van der Waals surface area contributed by atoms with E-state index in [-0.39, 0.29) is 6.61 Å². The largest absolute Gasteiger partial charge is 0.493 e. The van der Waals surface area contributed by atoms with Gasteiger partial charge in [-0.3, -0.25) is 4.84 Å². The number of hydroxylamine groups is 2. The molecule has 1 N–H and O–H groups in total. The number of hydrogen-bond acceptors (Lipinski definition) is 6. The van der Waals surface area contributed by atoms with Gasteiger partial charge in [-0.15, -0.1) is 0 Å². The number of nitrogens with one attached hydrogen (secondary N) is 1. The van der Waals surface area contributed by atoms with Crippen molar-refractivity contribution >= 4 is 10.0 Å². The Bertz CT molecular complexity index is 889. The third-order valence-electron chi connectivity index (χ3n) is 4.70. The number of nitrogens with zero attached hydrogens (tertiary/aromatic N) is 1. The fourth-order valence-electron chi connectivity index (χ4n) is 3.31. The Morgan fingerprint density at radius 2 is 1.93 bits per heavy atom. The van der Waals surface area contributed by atoms with E-state index in [0.717, 1.165) is 11.1 Å². The van der Waals surface area contributed by atoms with E-state index < -0.39 is 21.3 Å². The molecule has 2 aromatic carbocycles. The van der Waals surface area contributed by atoms with E-state index in [4.69, 9.17) is 14.3 Å². The highest BCUT2D eigenvalue weighted by Crippen LogP contribution is 2.38. The minimum Gasteiger partial charge on any atom is -0.493 e. The molecule has 3 rings (SSSR count). The average Bonchev–Trinajstić information content (AvgIpc) is 3.09. The lowest BCUT2D eigenvalue weighted by Gasteiger charge is -2.24. The molecule has 0 amide bonds. The summed E-state index contributed by atoms with van der Waals surface area (Å²) in [5, 5.41) is 0.871. The first-order chi connectivity index (χ1) is 13.5. The zero-order chi connectivity index (χ0) is 20.1. The van der Waals surface area contributed by atoms with Gasteiger partial charge in [0.25, 0.3) is 0 Å². The smallest absolute Gasteiger partial charge is 0.218 e. The highest BCUT2D eigenvalue weighted by molar-refractivity contribution is 7.90. The first-order valence-electron chi connectivity index (χ1n) is 9.15. The summed E-state index contributed by atoms with van der Waals surface area (Å²) >= 11 is 0. The molecular formula is C20H26N2O5S. The second-order valence-electron chi connectivity index (χ2n) is 6.55. The van der Waals surface area contributed by atoms with Crippen molar-refractivity contribution in [3.63, 3.8) is 0 Å². The molecule has 2 aromatic rings. The van der Waals surface area contributed by atoms with Crippen LogP contribution in [0.1, 0.15) is 24.1 Å². The first kappa shape index (κ1) is 20.6. The van der Waals surface area contributed by atoms with Gasteiger partial charge in [0.05, 0.1) is 19.8 Å². The molecule has 7 nitrogen and oxygen atoms in total. The third-order valence-corrected chi connectivity index (χ3v) is 6.58. The second-order valence-corrected chi connectivity index (χ2v) is 8.54. The van der Waals surface area contributed by atoms with Crippen LogP contribution in [0.2, 0.25) is 0 Å². The van der Waals surface area contributed by atoms with Gasteiger partial charge in [0.15, 0.2) is 11.5 Å². The molecule has 0 aromatic heterocycles. The summed E-state index contributed by atoms with van der Waals surface area (Å²) in [6.45, 7) is 2.58. The van der Waals surface area contributed by atoms with E-state index in [1.165, 1.54) is 0 Å². The van der Waals surface area contributed by atoms with Gasteiger partial charge < -0.3 is 9.47 Å². The van der Waals surface area contributed by atoms with Gasteiger partial charge in [-0.1, -0.05) is 43.3 Å². The zero-order valence-electron chi connectivity index (χ0n) is 16.3. The maximum absolute atomic E-state index is 12.6. The van der Waals surface area contributed by atoms with Crippen molar-refractivity contribution in [3.8, 4) is 11.5 Å². The van der Waals surface area contributed by atoms with Crippen LogP contribution in [0.3, 0.4) is 0 Å². The van der Waals surface area contributed by atoms with Crippen molar-refractivity contribution < 1.29 is 22.7 Å². The van der Waals surface area contributed by atoms with Crippen LogP contribution < -0.4 is 14.2 Å². The normalized spacial score (nSPS) is 20.2. The number of methoxy groups -OCH3 is 1. The maximum atomic E-state index is 12.6. The number of rotatable bonds is 8. The minimum atomic E-state index is -3.51. The van der Waals surface area contributed by atoms with Crippen LogP contribution in [-0.2, 0) is 21.5 Å². The fourth-order valence-corrected chi connectivity index (χ4v) is 4.84. The highest BCUT2D eigenvalue weighted by Gasteiger charge is 2.43. The molecule has 0 spiro atoms. The standard InChI is InChI=1S/C20H26N2O5S/c1-4-21-28(23,24)19-14-27-22(2)20(19)16-10-11-17(25-3)18(12-16)26-13-15-8-6-5-7-9-15/h5-12,19-21H,4,13-14H2,1-3H3. The molecule has 1 aliphatic rings. The molecule has 2 unspecified atom stereocenters. The first-order valence-corrected chi connectivity index (χ1v) is 10.7. The number of ether oxygens (including phenoxy) is 2. The molecule has 0 aliphatic carbocycles. The molecule has 28 heavy (non-hydrogen) atoms. The lowest BCUT2D eigenvalue weighted by molar-refractivity contribution is -0.110. The third kappa shape index (κ3) is 4.47. The predicted molar refractivity (Wildman–Crippen MR) is 107 cm³/mol. The molecule has 1 heterocycles. The van der Waals surface area contributed by atoms with Gasteiger partial charge in [0.2, 0.25) is 10.0 Å². The lowest BCUT2D eigenvalue weighted by Crippen LogP contribution is -2.39. The summed E-state index contributed by atoms with van der Waals surface area (Å²) < 4.78 is 39.2. The molecule has 0 bridgehead atoms. The van der Waals surface area contributed by atoms with Crippen LogP contribution in [0.15, 0.2) is 48.5 Å². The van der Waals surface area contributed by atoms with Crippen LogP contribution in [0.25, 0.3) is 0 Å². The van der Waals surface area contributed by atoms with Gasteiger partial charge in [-0.05, 0) is 23.3 Å². The Balaban J connectivity index is 1.88. The molecule has 2 atom stereocenters. The summed E-state index contributed by atoms with van der Waals surface area (Å²) in [5.41, 5.74) is 1.82. The van der Waals surface area contributed by atoms with Crippen LogP contribution in [-0.4, -0.2) is 46.0 Å². The monoisotopic (exact) mass is 406 g/mol. The minimum absolute atomic E-state index is 0.0999. The van der Waals surface area contributed by atoms with E-state index in [1.54, 1.807) is 32.2 Å². The Kier molecular flexibility index (Phi) is 6.56. The maximum Gasteiger partial charge on any atom is 0.218 e. The number of hydrogen-bond donors (Lipinski definition) is 1. The topological polar surface area (TPSA) is 77.1 Å². The molecule has 0 saturated carbocycles. The van der Waals surface area contributed by atoms with Crippen LogP contribution in [0.4, 0.5) is 0 Å². The van der Waals surface area contributed by atoms with Crippen molar-refractivity contribution in [3.05, 3.63) is 59.7 Å². The van der Waals surface area contributed by atoms with Gasteiger partial charge in [0, 0.05) is 13.6 Å². The molecular weight excluding hydrogens is 380 g/mol. The van der Waals surface area contributed by atoms with Gasteiger partial charge in [-0.2, -0.15) is 5.06 Å². The molecule has 8 heteroatoms. The van der Waals surface area contributed by atoms with Crippen LogP contribution in [0, 0.1) is 0 Å². The van der Waals surface area contributed by atoms with E-state index >= 15 is 0 Å². The molecule has 1 fully saturated rings. The van der Waals surface area contributed by atoms with Crippen molar-refractivity contribution in [1.82, 2.24) is 9.79 Å². The highest BCUT2D eigenvalue weighted by atomic mass is 32.2. The van der Waals surface area contributed by atoms with Crippen LogP contribution in [0.5, 0.6) is 11.5 Å². The summed E-state index contributed by atoms with van der Waals surface area (Å²) in [4.78, 5) is 5.53. The van der Waals surface area contributed by atoms with E-state index in [2.05, 4.69) is 4.72 Å². The SMILES string of the molecule is CCNS(=O)(=O)C1CON(C)C1c1ccc(OC)c(OCc2ccccc2)c1. The number of sulfonamides is 1. The Hall–Kier alpha value is -2.13. The molecule has 0 radical (unpaired) electrons. The van der Waals surface area contributed by atoms with E-state index in [9.17, 15) is 8.42 Å². The zero-order valence-corrected chi connectivity index (χ0v) is 17.1. The van der Waals surface area contributed by atoms with Gasteiger partial charge in [0.1, 0.15) is 11.9 Å². The van der Waals surface area contributed by atoms with Crippen molar-refractivity contribution in [1.29, 1.82) is 0 Å². The quantitative estimate of drug-likeness (QED) is 0.726. The Morgan fingerprint density at radius 3 is 2.61 bits per heavy atom. The second kappa shape index (κ2) is 8.91. The average molecular weight is 407 g/mol. The molecule has 152 valence electrons. The van der Waals surface area contributed by atoms with Gasteiger partial charge in [-0.25, -0.2) is 13.1 Å². The molecule has 1 aliphatic heterocycles. The summed E-state index contributed by atoms with van der Waals surface area (Å²) in [7, 11) is -0.199. The van der Waals surface area contributed by atoms with Gasteiger partial charge >= 0.3 is 0 Å². The van der Waals surface area contributed by atoms with Crippen molar-refractivity contribution in [2.75, 3.05) is 27.3 Å². The summed E-state index contributed by atoms with van der Waals surface area (Å²) in [6.07, 6.45) is 0. The molecule has 1 saturated heterocycles. The summed E-state index contributed by atoms with van der Waals surface area (Å²) in [5.74, 6) is 1.15.